The van der Waals surface area contributed by atoms with Gasteiger partial charge in [-0.25, -0.2) is 9.78 Å². The molecule has 0 aromatic carbocycles. The van der Waals surface area contributed by atoms with E-state index in [0.29, 0.717) is 0 Å². The van der Waals surface area contributed by atoms with Crippen LogP contribution in [0.15, 0.2) is 6.33 Å². The van der Waals surface area contributed by atoms with Crippen molar-refractivity contribution in [1.82, 2.24) is 19.5 Å². The second-order valence-electron chi connectivity index (χ2n) is 5.94. The first kappa shape index (κ1) is 22.2. The van der Waals surface area contributed by atoms with Gasteiger partial charge in [0, 0.05) is 4.57 Å². The molecule has 2 unspecified atom stereocenters. The van der Waals surface area contributed by atoms with Gasteiger partial charge in [-0.3, -0.25) is 4.57 Å². The Kier molecular flexibility index (Phi) is 6.72. The number of imidazole rings is 1. The number of aliphatic hydroxyl groups excluding tert-OH is 2. The molecule has 16 heteroatoms. The molecule has 3 rings (SSSR count). The number of hydrogen-bond acceptors (Lipinski definition) is 12. The average molecular weight is 449 g/mol. The first-order chi connectivity index (χ1) is 14.3. The normalized spacial score (nSPS) is 25.3. The van der Waals surface area contributed by atoms with E-state index in [1.54, 1.807) is 0 Å². The van der Waals surface area contributed by atoms with E-state index < -0.39 is 51.7 Å². The molecule has 2 aromatic heterocycles. The molecule has 1 saturated heterocycles. The molecule has 0 bridgehead atoms. The zero-order chi connectivity index (χ0) is 22.0. The smallest absolute Gasteiger partial charge is 0.479 e. The lowest BCUT2D eigenvalue weighted by atomic mass is 10.1. The Bertz CT molecular complexity index is 940. The average Bonchev–Trinajstić information content (AvgIpc) is 3.25. The van der Waals surface area contributed by atoms with Crippen LogP contribution in [0.5, 0.6) is 11.9 Å². The maximum atomic E-state index is 11.0. The number of carbonyl (C=O) groups is 1. The Hall–Kier alpha value is -2.52. The number of methoxy groups -OCH3 is 2. The monoisotopic (exact) mass is 449 g/mol. The van der Waals surface area contributed by atoms with E-state index >= 15 is 0 Å². The van der Waals surface area contributed by atoms with E-state index in [4.69, 9.17) is 28.9 Å². The van der Waals surface area contributed by atoms with Gasteiger partial charge in [-0.15, -0.1) is 4.89 Å². The minimum Gasteiger partial charge on any atom is -0.479 e. The molecule has 0 spiro atoms. The largest absolute Gasteiger partial charge is 0.698 e. The Morgan fingerprint density at radius 1 is 1.30 bits per heavy atom. The quantitative estimate of drug-likeness (QED) is 0.256. The van der Waals surface area contributed by atoms with Gasteiger partial charge >= 0.3 is 26.5 Å². The lowest BCUT2D eigenvalue weighted by molar-refractivity contribution is -0.179. The summed E-state index contributed by atoms with van der Waals surface area (Å²) < 4.78 is 36.9. The third kappa shape index (κ3) is 4.32. The van der Waals surface area contributed by atoms with Gasteiger partial charge in [0.25, 0.3) is 0 Å². The second-order valence-corrected chi connectivity index (χ2v) is 6.62. The van der Waals surface area contributed by atoms with Crippen LogP contribution in [0.25, 0.3) is 11.2 Å². The molecule has 0 saturated carbocycles. The highest BCUT2D eigenvalue weighted by Crippen LogP contribution is 2.34. The van der Waals surface area contributed by atoms with Gasteiger partial charge in [0.1, 0.15) is 18.3 Å². The van der Waals surface area contributed by atoms with Crippen LogP contribution in [-0.2, 0) is 23.4 Å². The first-order valence-corrected chi connectivity index (χ1v) is 9.41. The number of rotatable bonds is 9. The first-order valence-electron chi connectivity index (χ1n) is 8.28. The number of fused-ring (bicyclic) bond motifs is 1. The SMILES string of the molecule is COc1nc(OC)c2ncn([C@@H]3O[C@H](COC(O[P+](=O)O)C(=O)O)[C@@H](O)[C@H]3O)c2n1. The lowest BCUT2D eigenvalue weighted by Gasteiger charge is -2.17. The van der Waals surface area contributed by atoms with Gasteiger partial charge in [0.2, 0.25) is 5.88 Å². The fourth-order valence-corrected chi connectivity index (χ4v) is 3.11. The zero-order valence-corrected chi connectivity index (χ0v) is 16.4. The van der Waals surface area contributed by atoms with Crippen molar-refractivity contribution in [2.75, 3.05) is 20.8 Å². The van der Waals surface area contributed by atoms with Crippen molar-refractivity contribution in [2.45, 2.75) is 30.8 Å². The van der Waals surface area contributed by atoms with E-state index in [0.717, 1.165) is 0 Å². The number of aliphatic carboxylic acids is 1. The molecule has 6 atom stereocenters. The summed E-state index contributed by atoms with van der Waals surface area (Å²) in [5.74, 6) is -1.54. The van der Waals surface area contributed by atoms with Gasteiger partial charge in [-0.2, -0.15) is 9.97 Å². The summed E-state index contributed by atoms with van der Waals surface area (Å²) in [5.41, 5.74) is 0.426. The van der Waals surface area contributed by atoms with Crippen LogP contribution in [-0.4, -0.2) is 91.1 Å². The second kappa shape index (κ2) is 9.09. The molecular formula is C14H18N4O11P+. The van der Waals surface area contributed by atoms with Gasteiger partial charge in [0.05, 0.1) is 27.2 Å². The number of hydrogen-bond donors (Lipinski definition) is 4. The highest BCUT2D eigenvalue weighted by molar-refractivity contribution is 7.32. The Balaban J connectivity index is 1.81. The Labute approximate surface area is 168 Å². The van der Waals surface area contributed by atoms with Crippen molar-refractivity contribution in [2.24, 2.45) is 0 Å². The minimum absolute atomic E-state index is 0.0337. The molecule has 30 heavy (non-hydrogen) atoms. The maximum Gasteiger partial charge on any atom is 0.698 e. The molecule has 1 aliphatic rings. The van der Waals surface area contributed by atoms with Crippen LogP contribution in [0.1, 0.15) is 6.23 Å². The van der Waals surface area contributed by atoms with Crippen molar-refractivity contribution in [3.05, 3.63) is 6.33 Å². The number of ether oxygens (including phenoxy) is 4. The van der Waals surface area contributed by atoms with Crippen LogP contribution < -0.4 is 9.47 Å². The molecule has 2 aromatic rings. The van der Waals surface area contributed by atoms with E-state index in [2.05, 4.69) is 19.5 Å². The van der Waals surface area contributed by atoms with Gasteiger partial charge in [0.15, 0.2) is 17.4 Å². The van der Waals surface area contributed by atoms with E-state index in [1.807, 2.05) is 0 Å². The fraction of sp³-hybridized carbons (Fsp3) is 0.571. The Morgan fingerprint density at radius 2 is 2.03 bits per heavy atom. The van der Waals surface area contributed by atoms with Crippen molar-refractivity contribution in [3.63, 3.8) is 0 Å². The van der Waals surface area contributed by atoms with E-state index in [1.165, 1.54) is 25.1 Å². The number of carboxylic acids is 1. The van der Waals surface area contributed by atoms with Crippen molar-refractivity contribution >= 4 is 25.4 Å². The molecule has 3 heterocycles. The maximum absolute atomic E-state index is 11.0. The predicted molar refractivity (Wildman–Crippen MR) is 92.6 cm³/mol. The van der Waals surface area contributed by atoms with E-state index in [-0.39, 0.29) is 23.1 Å². The molecule has 4 N–H and O–H groups in total. The third-order valence-corrected chi connectivity index (χ3v) is 4.53. The van der Waals surface area contributed by atoms with Crippen LogP contribution in [0.3, 0.4) is 0 Å². The van der Waals surface area contributed by atoms with Crippen LogP contribution >= 0.6 is 8.25 Å². The van der Waals surface area contributed by atoms with Gasteiger partial charge in [-0.05, 0) is 0 Å². The summed E-state index contributed by atoms with van der Waals surface area (Å²) in [4.78, 5) is 32.0. The summed E-state index contributed by atoms with van der Waals surface area (Å²) in [7, 11) is -0.521. The summed E-state index contributed by atoms with van der Waals surface area (Å²) >= 11 is 0. The van der Waals surface area contributed by atoms with E-state index in [9.17, 15) is 19.6 Å². The summed E-state index contributed by atoms with van der Waals surface area (Å²) in [6.07, 6.45) is -6.13. The Morgan fingerprint density at radius 3 is 2.63 bits per heavy atom. The molecule has 1 fully saturated rings. The van der Waals surface area contributed by atoms with Crippen molar-refractivity contribution in [3.8, 4) is 11.9 Å². The standard InChI is InChI=1S/C14H17N4O11P/c1-25-10-6-9(16-14(17-10)26-2)18(4-15-6)11-8(20)7(19)5(28-11)3-27-13(12(21)22)29-30(23)24/h4-5,7-8,11,13,19-20H,3H2,1-2H3,(H-,21,22,23,24)/p+1/t5-,7-,8-,11-,13?/m1/s1. The van der Waals surface area contributed by atoms with Crippen LogP contribution in [0.2, 0.25) is 0 Å². The molecule has 15 nitrogen and oxygen atoms in total. The predicted octanol–water partition coefficient (Wildman–Crippen LogP) is -1.44. The highest BCUT2D eigenvalue weighted by Gasteiger charge is 2.45. The molecular weight excluding hydrogens is 431 g/mol. The molecule has 0 aliphatic carbocycles. The topological polar surface area (TPSA) is 205 Å². The molecule has 0 amide bonds. The zero-order valence-electron chi connectivity index (χ0n) is 15.6. The summed E-state index contributed by atoms with van der Waals surface area (Å²) in [6, 6.07) is -0.0337. The van der Waals surface area contributed by atoms with Crippen molar-refractivity contribution in [1.29, 1.82) is 0 Å². The van der Waals surface area contributed by atoms with Crippen LogP contribution in [0, 0.1) is 0 Å². The third-order valence-electron chi connectivity index (χ3n) is 4.16. The number of aromatic nitrogens is 4. The van der Waals surface area contributed by atoms with Crippen molar-refractivity contribution < 1.29 is 53.0 Å². The highest BCUT2D eigenvalue weighted by atomic mass is 31.1. The van der Waals surface area contributed by atoms with Gasteiger partial charge < -0.3 is 34.3 Å². The minimum atomic E-state index is -3.24. The fourth-order valence-electron chi connectivity index (χ4n) is 2.80. The lowest BCUT2D eigenvalue weighted by Crippen LogP contribution is -2.36. The number of nitrogens with zero attached hydrogens (tertiary/aromatic N) is 4. The summed E-state index contributed by atoms with van der Waals surface area (Å²) in [6.45, 7) is -0.566. The van der Waals surface area contributed by atoms with Crippen LogP contribution in [0.4, 0.5) is 0 Å². The van der Waals surface area contributed by atoms with Gasteiger partial charge in [-0.1, -0.05) is 4.52 Å². The molecule has 1 aliphatic heterocycles. The summed E-state index contributed by atoms with van der Waals surface area (Å²) in [5, 5.41) is 29.6. The molecule has 164 valence electrons. The number of aliphatic hydroxyl groups is 2. The number of carboxylic acid groups (broad SMARTS) is 1. The molecule has 0 radical (unpaired) electrons.